The summed E-state index contributed by atoms with van der Waals surface area (Å²) in [5.41, 5.74) is 2.49. The van der Waals surface area contributed by atoms with Crippen molar-refractivity contribution >= 4 is 11.8 Å². The zero-order chi connectivity index (χ0) is 21.3. The Morgan fingerprint density at radius 2 is 2.20 bits per heavy atom. The first kappa shape index (κ1) is 21.7. The van der Waals surface area contributed by atoms with Crippen LogP contribution in [-0.4, -0.2) is 60.0 Å². The summed E-state index contributed by atoms with van der Waals surface area (Å²) >= 11 is 0. The second-order valence-corrected chi connectivity index (χ2v) is 7.25. The normalized spacial score (nSPS) is 16.2. The Kier molecular flexibility index (Phi) is 7.73. The highest BCUT2D eigenvalue weighted by Crippen LogP contribution is 2.27. The molecule has 8 nitrogen and oxygen atoms in total. The summed E-state index contributed by atoms with van der Waals surface area (Å²) in [7, 11) is 1.63. The summed E-state index contributed by atoms with van der Waals surface area (Å²) < 4.78 is 5.52. The highest BCUT2D eigenvalue weighted by molar-refractivity contribution is 5.94. The lowest BCUT2D eigenvalue weighted by atomic mass is 9.89. The zero-order valence-corrected chi connectivity index (χ0v) is 17.6. The molecule has 3 rings (SSSR count). The van der Waals surface area contributed by atoms with Gasteiger partial charge in [0.15, 0.2) is 5.75 Å². The summed E-state index contributed by atoms with van der Waals surface area (Å²) in [6.07, 6.45) is 5.06. The predicted molar refractivity (Wildman–Crippen MR) is 113 cm³/mol. The molecule has 2 aromatic rings. The minimum Gasteiger partial charge on any atom is -0.490 e. The molecule has 0 saturated carbocycles. The SMILES string of the molecule is CCOc1cncnc1CNCC(=O)N1CCC[C@H](c2cccc(C(=O)NC)c2)C1. The number of nitrogens with zero attached hydrogens (tertiary/aromatic N) is 3. The van der Waals surface area contributed by atoms with Crippen LogP contribution in [0.3, 0.4) is 0 Å². The first-order chi connectivity index (χ1) is 14.6. The summed E-state index contributed by atoms with van der Waals surface area (Å²) in [6.45, 7) is 4.54. The highest BCUT2D eigenvalue weighted by atomic mass is 16.5. The van der Waals surface area contributed by atoms with Crippen LogP contribution in [0.4, 0.5) is 0 Å². The average Bonchev–Trinajstić information content (AvgIpc) is 2.80. The maximum Gasteiger partial charge on any atom is 0.251 e. The molecule has 0 unspecified atom stereocenters. The van der Waals surface area contributed by atoms with E-state index in [0.29, 0.717) is 31.0 Å². The van der Waals surface area contributed by atoms with Crippen LogP contribution in [0.2, 0.25) is 0 Å². The first-order valence-corrected chi connectivity index (χ1v) is 10.3. The van der Waals surface area contributed by atoms with Crippen molar-refractivity contribution in [3.63, 3.8) is 0 Å². The van der Waals surface area contributed by atoms with Gasteiger partial charge in [-0.3, -0.25) is 9.59 Å². The van der Waals surface area contributed by atoms with Gasteiger partial charge >= 0.3 is 0 Å². The van der Waals surface area contributed by atoms with Gasteiger partial charge in [0.05, 0.1) is 25.0 Å². The number of benzene rings is 1. The van der Waals surface area contributed by atoms with Crippen LogP contribution in [0.15, 0.2) is 36.8 Å². The molecule has 0 spiro atoms. The molecule has 1 saturated heterocycles. The van der Waals surface area contributed by atoms with Gasteiger partial charge in [-0.1, -0.05) is 12.1 Å². The number of ether oxygens (including phenoxy) is 1. The fraction of sp³-hybridized carbons (Fsp3) is 0.455. The van der Waals surface area contributed by atoms with Gasteiger partial charge in [0, 0.05) is 38.2 Å². The Labute approximate surface area is 177 Å². The van der Waals surface area contributed by atoms with Crippen LogP contribution in [0.1, 0.15) is 47.3 Å². The number of likely N-dealkylation sites (tertiary alicyclic amines) is 1. The quantitative estimate of drug-likeness (QED) is 0.687. The third-order valence-corrected chi connectivity index (χ3v) is 5.25. The largest absolute Gasteiger partial charge is 0.490 e. The number of carbonyl (C=O) groups excluding carboxylic acids is 2. The van der Waals surface area contributed by atoms with Gasteiger partial charge < -0.3 is 20.3 Å². The number of carbonyl (C=O) groups is 2. The predicted octanol–water partition coefficient (Wildman–Crippen LogP) is 1.73. The number of nitrogens with one attached hydrogen (secondary N) is 2. The molecule has 0 bridgehead atoms. The second kappa shape index (κ2) is 10.7. The van der Waals surface area contributed by atoms with Gasteiger partial charge in [-0.2, -0.15) is 0 Å². The van der Waals surface area contributed by atoms with Crippen LogP contribution in [-0.2, 0) is 11.3 Å². The van der Waals surface area contributed by atoms with E-state index in [4.69, 9.17) is 4.74 Å². The van der Waals surface area contributed by atoms with Gasteiger partial charge in [-0.15, -0.1) is 0 Å². The Balaban J connectivity index is 1.55. The maximum absolute atomic E-state index is 12.7. The van der Waals surface area contributed by atoms with E-state index in [2.05, 4.69) is 20.6 Å². The Hall–Kier alpha value is -3.00. The van der Waals surface area contributed by atoms with Gasteiger partial charge in [0.1, 0.15) is 6.33 Å². The van der Waals surface area contributed by atoms with Gasteiger partial charge in [-0.25, -0.2) is 9.97 Å². The summed E-state index contributed by atoms with van der Waals surface area (Å²) in [6, 6.07) is 7.68. The lowest BCUT2D eigenvalue weighted by Crippen LogP contribution is -2.43. The average molecular weight is 412 g/mol. The van der Waals surface area contributed by atoms with Crippen LogP contribution >= 0.6 is 0 Å². The molecule has 1 fully saturated rings. The van der Waals surface area contributed by atoms with E-state index >= 15 is 0 Å². The monoisotopic (exact) mass is 411 g/mol. The third kappa shape index (κ3) is 5.54. The van der Waals surface area contributed by atoms with Crippen molar-refractivity contribution < 1.29 is 14.3 Å². The fourth-order valence-electron chi connectivity index (χ4n) is 3.70. The van der Waals surface area contributed by atoms with Crippen molar-refractivity contribution in [3.05, 3.63) is 53.6 Å². The summed E-state index contributed by atoms with van der Waals surface area (Å²) in [5.74, 6) is 0.836. The number of rotatable bonds is 8. The maximum atomic E-state index is 12.7. The molecule has 0 radical (unpaired) electrons. The van der Waals surface area contributed by atoms with Crippen molar-refractivity contribution in [1.29, 1.82) is 0 Å². The number of amides is 2. The minimum atomic E-state index is -0.0964. The Bertz CT molecular complexity index is 873. The van der Waals surface area contributed by atoms with E-state index in [1.54, 1.807) is 13.2 Å². The van der Waals surface area contributed by atoms with Crippen molar-refractivity contribution in [2.75, 3.05) is 33.3 Å². The molecule has 1 aromatic heterocycles. The summed E-state index contributed by atoms with van der Waals surface area (Å²) in [4.78, 5) is 34.8. The molecule has 2 heterocycles. The van der Waals surface area contributed by atoms with Crippen molar-refractivity contribution in [2.24, 2.45) is 0 Å². The summed E-state index contributed by atoms with van der Waals surface area (Å²) in [5, 5.41) is 5.83. The van der Waals surface area contributed by atoms with Crippen LogP contribution < -0.4 is 15.4 Å². The van der Waals surface area contributed by atoms with E-state index in [-0.39, 0.29) is 24.3 Å². The molecule has 1 aromatic carbocycles. The topological polar surface area (TPSA) is 96.5 Å². The Morgan fingerprint density at radius 1 is 1.33 bits per heavy atom. The molecule has 1 aliphatic heterocycles. The van der Waals surface area contributed by atoms with Crippen LogP contribution in [0.25, 0.3) is 0 Å². The van der Waals surface area contributed by atoms with Gasteiger partial charge in [0.2, 0.25) is 5.91 Å². The second-order valence-electron chi connectivity index (χ2n) is 7.25. The van der Waals surface area contributed by atoms with E-state index in [9.17, 15) is 9.59 Å². The standard InChI is InChI=1S/C22H29N5O3/c1-3-30-20-12-25-15-26-19(20)11-24-13-21(28)27-9-5-8-18(14-27)16-6-4-7-17(10-16)22(29)23-2/h4,6-7,10,12,15,18,24H,3,5,8-9,11,13-14H2,1-2H3,(H,23,29)/t18-/m0/s1. The lowest BCUT2D eigenvalue weighted by molar-refractivity contribution is -0.131. The van der Waals surface area contributed by atoms with E-state index in [1.165, 1.54) is 6.33 Å². The number of hydrogen-bond donors (Lipinski definition) is 2. The van der Waals surface area contributed by atoms with E-state index < -0.39 is 0 Å². The molecule has 160 valence electrons. The van der Waals surface area contributed by atoms with E-state index in [0.717, 1.165) is 30.6 Å². The van der Waals surface area contributed by atoms with Crippen LogP contribution in [0.5, 0.6) is 5.75 Å². The minimum absolute atomic E-state index is 0.0640. The van der Waals surface area contributed by atoms with E-state index in [1.807, 2.05) is 36.1 Å². The third-order valence-electron chi connectivity index (χ3n) is 5.25. The van der Waals surface area contributed by atoms with Gasteiger partial charge in [0.25, 0.3) is 5.91 Å². The lowest BCUT2D eigenvalue weighted by Gasteiger charge is -2.33. The number of aromatic nitrogens is 2. The van der Waals surface area contributed by atoms with Crippen molar-refractivity contribution in [2.45, 2.75) is 32.2 Å². The number of hydrogen-bond acceptors (Lipinski definition) is 6. The molecular formula is C22H29N5O3. The van der Waals surface area contributed by atoms with Gasteiger partial charge in [-0.05, 0) is 37.5 Å². The molecule has 8 heteroatoms. The molecule has 30 heavy (non-hydrogen) atoms. The molecule has 0 aliphatic carbocycles. The molecular weight excluding hydrogens is 382 g/mol. The molecule has 1 atom stereocenters. The Morgan fingerprint density at radius 3 is 3.00 bits per heavy atom. The van der Waals surface area contributed by atoms with Crippen molar-refractivity contribution in [3.8, 4) is 5.75 Å². The fourth-order valence-corrected chi connectivity index (χ4v) is 3.70. The van der Waals surface area contributed by atoms with Crippen molar-refractivity contribution in [1.82, 2.24) is 25.5 Å². The highest BCUT2D eigenvalue weighted by Gasteiger charge is 2.25. The number of piperidine rings is 1. The molecule has 1 aliphatic rings. The molecule has 2 N–H and O–H groups in total. The zero-order valence-electron chi connectivity index (χ0n) is 17.6. The smallest absolute Gasteiger partial charge is 0.251 e. The first-order valence-electron chi connectivity index (χ1n) is 10.3. The molecule has 2 amide bonds. The van der Waals surface area contributed by atoms with Crippen LogP contribution in [0, 0.1) is 0 Å².